The minimum Gasteiger partial charge on any atom is -0.381 e. The molecule has 2 aromatic carbocycles. The van der Waals surface area contributed by atoms with Crippen LogP contribution in [-0.4, -0.2) is 34.7 Å². The van der Waals surface area contributed by atoms with Gasteiger partial charge in [-0.25, -0.2) is 9.37 Å². The molecule has 148 valence electrons. The second kappa shape index (κ2) is 7.40. The van der Waals surface area contributed by atoms with Crippen LogP contribution in [0.15, 0.2) is 64.8 Å². The van der Waals surface area contributed by atoms with Crippen molar-refractivity contribution >= 4 is 28.4 Å². The Balaban J connectivity index is 1.52. The van der Waals surface area contributed by atoms with Crippen molar-refractivity contribution in [2.75, 3.05) is 20.3 Å². The Hall–Kier alpha value is -2.48. The predicted molar refractivity (Wildman–Crippen MR) is 110 cm³/mol. The van der Waals surface area contributed by atoms with Gasteiger partial charge in [-0.05, 0) is 42.0 Å². The Labute approximate surface area is 171 Å². The summed E-state index contributed by atoms with van der Waals surface area (Å²) < 4.78 is 27.8. The number of fused-ring (bicyclic) bond motifs is 3. The van der Waals surface area contributed by atoms with Crippen LogP contribution in [0.2, 0.25) is 0 Å². The molecule has 0 spiro atoms. The van der Waals surface area contributed by atoms with Gasteiger partial charge in [0.05, 0.1) is 22.8 Å². The smallest absolute Gasteiger partial charge is 0.155 e. The lowest BCUT2D eigenvalue weighted by molar-refractivity contribution is -0.0950. The zero-order chi connectivity index (χ0) is 19.8. The highest BCUT2D eigenvalue weighted by molar-refractivity contribution is 7.99. The Bertz CT molecular complexity index is 1190. The van der Waals surface area contributed by atoms with Gasteiger partial charge in [0.2, 0.25) is 0 Å². The van der Waals surface area contributed by atoms with Crippen molar-refractivity contribution in [2.45, 2.75) is 28.2 Å². The van der Waals surface area contributed by atoms with Crippen LogP contribution in [0, 0.1) is 5.82 Å². The van der Waals surface area contributed by atoms with Crippen molar-refractivity contribution in [3.63, 3.8) is 0 Å². The number of hydrogen-bond donors (Lipinski definition) is 0. The topological polar surface area (TPSA) is 48.7 Å². The van der Waals surface area contributed by atoms with E-state index in [2.05, 4.69) is 16.0 Å². The van der Waals surface area contributed by atoms with E-state index >= 15 is 0 Å². The molecule has 0 bridgehead atoms. The molecule has 0 N–H and O–H groups in total. The fourth-order valence-corrected chi connectivity index (χ4v) is 4.88. The maximum Gasteiger partial charge on any atom is 0.155 e. The van der Waals surface area contributed by atoms with E-state index in [9.17, 15) is 4.39 Å². The first-order valence-electron chi connectivity index (χ1n) is 9.51. The average Bonchev–Trinajstić information content (AvgIpc) is 3.23. The Morgan fingerprint density at radius 1 is 1.10 bits per heavy atom. The van der Waals surface area contributed by atoms with E-state index in [1.165, 1.54) is 11.8 Å². The summed E-state index contributed by atoms with van der Waals surface area (Å²) in [6, 6.07) is 11.2. The number of aromatic nitrogens is 3. The minimum absolute atomic E-state index is 0.257. The van der Waals surface area contributed by atoms with Gasteiger partial charge in [-0.1, -0.05) is 11.8 Å². The van der Waals surface area contributed by atoms with Crippen molar-refractivity contribution in [1.82, 2.24) is 14.4 Å². The highest BCUT2D eigenvalue weighted by Crippen LogP contribution is 2.39. The normalized spacial score (nSPS) is 16.5. The van der Waals surface area contributed by atoms with Crippen molar-refractivity contribution in [3.05, 3.63) is 66.4 Å². The molecular formula is C22H20FN3O2S. The number of ether oxygens (including phenoxy) is 2. The van der Waals surface area contributed by atoms with Gasteiger partial charge < -0.3 is 9.47 Å². The number of halogens is 1. The Kier molecular flexibility index (Phi) is 4.73. The molecule has 7 heteroatoms. The summed E-state index contributed by atoms with van der Waals surface area (Å²) in [5.41, 5.74) is 3.03. The van der Waals surface area contributed by atoms with Gasteiger partial charge in [-0.15, -0.1) is 0 Å². The summed E-state index contributed by atoms with van der Waals surface area (Å²) in [5, 5.41) is 0. The van der Waals surface area contributed by atoms with E-state index in [0.29, 0.717) is 13.2 Å². The number of hydrogen-bond acceptors (Lipinski definition) is 5. The fourth-order valence-electron chi connectivity index (χ4n) is 3.94. The van der Waals surface area contributed by atoms with Crippen molar-refractivity contribution in [1.29, 1.82) is 0 Å². The van der Waals surface area contributed by atoms with Crippen molar-refractivity contribution in [3.8, 4) is 0 Å². The SMILES string of the molecule is COC1(c2cc(F)cc(Sc3ccc4ncc5nccn5c4c3)c2)CCOCC1. The molecule has 2 aromatic heterocycles. The Morgan fingerprint density at radius 3 is 2.79 bits per heavy atom. The minimum atomic E-state index is -0.494. The summed E-state index contributed by atoms with van der Waals surface area (Å²) in [5.74, 6) is -0.257. The molecule has 0 radical (unpaired) electrons. The maximum atomic E-state index is 14.5. The molecule has 5 nitrogen and oxygen atoms in total. The highest BCUT2D eigenvalue weighted by atomic mass is 32.2. The van der Waals surface area contributed by atoms with Crippen LogP contribution in [0.4, 0.5) is 4.39 Å². The van der Waals surface area contributed by atoms with Crippen LogP contribution in [0.1, 0.15) is 18.4 Å². The second-order valence-corrected chi connectivity index (χ2v) is 8.30. The molecule has 4 aromatic rings. The summed E-state index contributed by atoms with van der Waals surface area (Å²) in [7, 11) is 1.69. The third-order valence-corrected chi connectivity index (χ3v) is 6.48. The summed E-state index contributed by atoms with van der Waals surface area (Å²) in [6.07, 6.45) is 6.87. The number of rotatable bonds is 4. The average molecular weight is 409 g/mol. The monoisotopic (exact) mass is 409 g/mol. The van der Waals surface area contributed by atoms with E-state index in [4.69, 9.17) is 9.47 Å². The van der Waals surface area contributed by atoms with Crippen LogP contribution in [0.25, 0.3) is 16.7 Å². The third-order valence-electron chi connectivity index (χ3n) is 5.52. The quantitative estimate of drug-likeness (QED) is 0.483. The Morgan fingerprint density at radius 2 is 1.97 bits per heavy atom. The number of benzene rings is 2. The van der Waals surface area contributed by atoms with Gasteiger partial charge in [0.1, 0.15) is 5.82 Å². The van der Waals surface area contributed by atoms with Gasteiger partial charge in [-0.2, -0.15) is 0 Å². The van der Waals surface area contributed by atoms with Crippen LogP contribution in [0.3, 0.4) is 0 Å². The summed E-state index contributed by atoms with van der Waals surface area (Å²) >= 11 is 1.53. The summed E-state index contributed by atoms with van der Waals surface area (Å²) in [4.78, 5) is 10.6. The molecule has 1 aliphatic rings. The molecule has 1 aliphatic heterocycles. The second-order valence-electron chi connectivity index (χ2n) is 7.15. The molecule has 1 saturated heterocycles. The van der Waals surface area contributed by atoms with E-state index in [1.54, 1.807) is 31.6 Å². The van der Waals surface area contributed by atoms with E-state index < -0.39 is 5.60 Å². The van der Waals surface area contributed by atoms with E-state index in [0.717, 1.165) is 44.9 Å². The van der Waals surface area contributed by atoms with Gasteiger partial charge >= 0.3 is 0 Å². The van der Waals surface area contributed by atoms with Gasteiger partial charge in [-0.3, -0.25) is 9.38 Å². The van der Waals surface area contributed by atoms with Gasteiger partial charge in [0, 0.05) is 55.3 Å². The number of imidazole rings is 1. The number of nitrogens with zero attached hydrogens (tertiary/aromatic N) is 3. The first kappa shape index (κ1) is 18.5. The first-order chi connectivity index (χ1) is 14.2. The van der Waals surface area contributed by atoms with Gasteiger partial charge in [0.15, 0.2) is 5.65 Å². The first-order valence-corrected chi connectivity index (χ1v) is 10.3. The van der Waals surface area contributed by atoms with Crippen LogP contribution >= 0.6 is 11.8 Å². The van der Waals surface area contributed by atoms with Crippen LogP contribution in [0.5, 0.6) is 0 Å². The molecule has 1 fully saturated rings. The molecule has 0 unspecified atom stereocenters. The molecule has 5 rings (SSSR count). The lowest BCUT2D eigenvalue weighted by Crippen LogP contribution is -2.35. The van der Waals surface area contributed by atoms with Crippen LogP contribution < -0.4 is 0 Å². The number of methoxy groups -OCH3 is 1. The zero-order valence-electron chi connectivity index (χ0n) is 16.0. The van der Waals surface area contributed by atoms with Crippen LogP contribution in [-0.2, 0) is 15.1 Å². The maximum absolute atomic E-state index is 14.5. The largest absolute Gasteiger partial charge is 0.381 e. The van der Waals surface area contributed by atoms with E-state index in [1.807, 2.05) is 28.8 Å². The highest BCUT2D eigenvalue weighted by Gasteiger charge is 2.35. The molecule has 3 heterocycles. The van der Waals surface area contributed by atoms with E-state index in [-0.39, 0.29) is 5.82 Å². The van der Waals surface area contributed by atoms with Crippen molar-refractivity contribution < 1.29 is 13.9 Å². The lowest BCUT2D eigenvalue weighted by atomic mass is 9.86. The molecule has 29 heavy (non-hydrogen) atoms. The molecule has 0 amide bonds. The zero-order valence-corrected chi connectivity index (χ0v) is 16.8. The predicted octanol–water partition coefficient (Wildman–Crippen LogP) is 4.82. The standard InChI is InChI=1S/C22H20FN3O2S/c1-27-22(4-8-28-9-5-22)15-10-16(23)12-18(11-15)29-17-2-3-19-20(13-17)26-7-6-24-21(26)14-25-19/h2-3,6-7,10-14H,4-5,8-9H2,1H3. The molecule has 0 saturated carbocycles. The summed E-state index contributed by atoms with van der Waals surface area (Å²) in [6.45, 7) is 1.23. The third kappa shape index (κ3) is 3.39. The molecule has 0 aliphatic carbocycles. The molecule has 0 atom stereocenters. The lowest BCUT2D eigenvalue weighted by Gasteiger charge is -2.36. The van der Waals surface area contributed by atoms with Crippen molar-refractivity contribution in [2.24, 2.45) is 0 Å². The molecular weight excluding hydrogens is 389 g/mol. The van der Waals surface area contributed by atoms with Gasteiger partial charge in [0.25, 0.3) is 0 Å². The fraction of sp³-hybridized carbons (Fsp3) is 0.273.